The van der Waals surface area contributed by atoms with Crippen LogP contribution in [-0.4, -0.2) is 29.0 Å². The number of hydrogen-bond acceptors (Lipinski definition) is 3. The lowest BCUT2D eigenvalue weighted by Gasteiger charge is -2.16. The Morgan fingerprint density at radius 3 is 2.50 bits per heavy atom. The molecule has 0 aromatic carbocycles. The number of aromatic carboxylic acids is 1. The predicted octanol–water partition coefficient (Wildman–Crippen LogP) is 2.18. The second kappa shape index (κ2) is 6.14. The third-order valence-electron chi connectivity index (χ3n) is 2.65. The number of carboxylic acid groups (broad SMARTS) is 1. The Morgan fingerprint density at radius 1 is 1.39 bits per heavy atom. The Balaban J connectivity index is 2.68. The number of anilines is 1. The minimum absolute atomic E-state index is 0.0146. The summed E-state index contributed by atoms with van der Waals surface area (Å²) in [6, 6.07) is 2.98. The number of amides is 1. The fourth-order valence-corrected chi connectivity index (χ4v) is 1.42. The molecule has 0 aliphatic rings. The molecule has 1 amide bonds. The lowest BCUT2D eigenvalue weighted by atomic mass is 10.1. The van der Waals surface area contributed by atoms with E-state index in [9.17, 15) is 9.59 Å². The molecule has 0 aliphatic carbocycles. The molecule has 0 fully saturated rings. The first-order chi connectivity index (χ1) is 8.41. The van der Waals surface area contributed by atoms with Gasteiger partial charge in [-0.15, -0.1) is 0 Å². The molecule has 5 heteroatoms. The highest BCUT2D eigenvalue weighted by Gasteiger charge is 2.13. The second-order valence-electron chi connectivity index (χ2n) is 4.60. The van der Waals surface area contributed by atoms with Crippen molar-refractivity contribution in [3.8, 4) is 0 Å². The molecule has 1 N–H and O–H groups in total. The van der Waals surface area contributed by atoms with Gasteiger partial charge >= 0.3 is 5.97 Å². The summed E-state index contributed by atoms with van der Waals surface area (Å²) in [5.74, 6) is -0.0967. The van der Waals surface area contributed by atoms with Crippen LogP contribution in [0.3, 0.4) is 0 Å². The first-order valence-electron chi connectivity index (χ1n) is 5.87. The van der Waals surface area contributed by atoms with Gasteiger partial charge in [-0.2, -0.15) is 0 Å². The summed E-state index contributed by atoms with van der Waals surface area (Å²) in [7, 11) is 1.64. The predicted molar refractivity (Wildman–Crippen MR) is 68.7 cm³/mol. The summed E-state index contributed by atoms with van der Waals surface area (Å²) >= 11 is 0. The number of carboxylic acids is 1. The molecule has 0 bridgehead atoms. The summed E-state index contributed by atoms with van der Waals surface area (Å²) in [5, 5.41) is 8.75. The summed E-state index contributed by atoms with van der Waals surface area (Å²) < 4.78 is 0. The molecular weight excluding hydrogens is 232 g/mol. The highest BCUT2D eigenvalue weighted by molar-refractivity contribution is 5.92. The smallest absolute Gasteiger partial charge is 0.337 e. The average molecular weight is 250 g/mol. The van der Waals surface area contributed by atoms with Gasteiger partial charge in [0.15, 0.2) is 0 Å². The number of nitrogens with zero attached hydrogens (tertiary/aromatic N) is 2. The maximum absolute atomic E-state index is 11.8. The van der Waals surface area contributed by atoms with E-state index in [-0.39, 0.29) is 11.5 Å². The zero-order valence-electron chi connectivity index (χ0n) is 10.9. The third-order valence-corrected chi connectivity index (χ3v) is 2.65. The molecule has 0 saturated heterocycles. The van der Waals surface area contributed by atoms with E-state index < -0.39 is 5.97 Å². The number of rotatable bonds is 5. The van der Waals surface area contributed by atoms with Crippen molar-refractivity contribution in [2.45, 2.75) is 26.7 Å². The molecule has 1 aromatic heterocycles. The van der Waals surface area contributed by atoms with Gasteiger partial charge in [-0.25, -0.2) is 9.78 Å². The molecule has 18 heavy (non-hydrogen) atoms. The summed E-state index contributed by atoms with van der Waals surface area (Å²) in [4.78, 5) is 27.9. The van der Waals surface area contributed by atoms with E-state index in [4.69, 9.17) is 5.11 Å². The second-order valence-corrected chi connectivity index (χ2v) is 4.60. The summed E-state index contributed by atoms with van der Waals surface area (Å²) in [6.45, 7) is 4.13. The fraction of sp³-hybridized carbons (Fsp3) is 0.462. The maximum atomic E-state index is 11.8. The van der Waals surface area contributed by atoms with Crippen LogP contribution in [0.4, 0.5) is 5.82 Å². The van der Waals surface area contributed by atoms with Crippen molar-refractivity contribution in [2.24, 2.45) is 5.92 Å². The van der Waals surface area contributed by atoms with E-state index in [0.29, 0.717) is 18.2 Å². The molecule has 0 saturated carbocycles. The molecule has 98 valence electrons. The number of carbonyl (C=O) groups is 2. The Bertz CT molecular complexity index is 426. The average Bonchev–Trinajstić information content (AvgIpc) is 2.35. The van der Waals surface area contributed by atoms with Crippen LogP contribution < -0.4 is 4.90 Å². The van der Waals surface area contributed by atoms with E-state index in [1.54, 1.807) is 7.05 Å². The largest absolute Gasteiger partial charge is 0.478 e. The molecule has 5 nitrogen and oxygen atoms in total. The quantitative estimate of drug-likeness (QED) is 0.869. The van der Waals surface area contributed by atoms with Crippen LogP contribution in [0.1, 0.15) is 37.0 Å². The van der Waals surface area contributed by atoms with Crippen LogP contribution in [0, 0.1) is 5.92 Å². The van der Waals surface area contributed by atoms with Gasteiger partial charge in [0.05, 0.1) is 5.56 Å². The minimum Gasteiger partial charge on any atom is -0.478 e. The Kier molecular flexibility index (Phi) is 4.83. The van der Waals surface area contributed by atoms with Crippen molar-refractivity contribution in [3.63, 3.8) is 0 Å². The van der Waals surface area contributed by atoms with Gasteiger partial charge in [0.1, 0.15) is 5.82 Å². The number of aromatic nitrogens is 1. The summed E-state index contributed by atoms with van der Waals surface area (Å²) in [6.07, 6.45) is 2.55. The molecule has 0 radical (unpaired) electrons. The van der Waals surface area contributed by atoms with Gasteiger partial charge in [0.25, 0.3) is 0 Å². The van der Waals surface area contributed by atoms with Gasteiger partial charge in [-0.1, -0.05) is 13.8 Å². The topological polar surface area (TPSA) is 70.5 Å². The Labute approximate surface area is 106 Å². The monoisotopic (exact) mass is 250 g/mol. The minimum atomic E-state index is -1.03. The SMILES string of the molecule is CC(C)CCC(=O)N(C)c1ccc(C(=O)O)cn1. The van der Waals surface area contributed by atoms with Crippen molar-refractivity contribution in [3.05, 3.63) is 23.9 Å². The van der Waals surface area contributed by atoms with Crippen LogP contribution in [0.2, 0.25) is 0 Å². The standard InChI is InChI=1S/C13H18N2O3/c1-9(2)4-7-12(16)15(3)11-6-5-10(8-14-11)13(17)18/h5-6,8-9H,4,7H2,1-3H3,(H,17,18). The van der Waals surface area contributed by atoms with Crippen molar-refractivity contribution in [1.29, 1.82) is 0 Å². The van der Waals surface area contributed by atoms with Crippen molar-refractivity contribution >= 4 is 17.7 Å². The molecule has 0 unspecified atom stereocenters. The van der Waals surface area contributed by atoms with Crippen molar-refractivity contribution in [1.82, 2.24) is 4.98 Å². The van der Waals surface area contributed by atoms with E-state index in [1.165, 1.54) is 23.2 Å². The van der Waals surface area contributed by atoms with Gasteiger partial charge in [0, 0.05) is 19.7 Å². The van der Waals surface area contributed by atoms with Crippen LogP contribution in [0.15, 0.2) is 18.3 Å². The van der Waals surface area contributed by atoms with Gasteiger partial charge in [-0.3, -0.25) is 9.69 Å². The zero-order valence-corrected chi connectivity index (χ0v) is 10.9. The van der Waals surface area contributed by atoms with Crippen molar-refractivity contribution < 1.29 is 14.7 Å². The molecular formula is C13H18N2O3. The van der Waals surface area contributed by atoms with Crippen LogP contribution in [-0.2, 0) is 4.79 Å². The van der Waals surface area contributed by atoms with E-state index >= 15 is 0 Å². The van der Waals surface area contributed by atoms with Crippen LogP contribution in [0.5, 0.6) is 0 Å². The molecule has 1 rings (SSSR count). The lowest BCUT2D eigenvalue weighted by Crippen LogP contribution is -2.27. The Hall–Kier alpha value is -1.91. The molecule has 1 heterocycles. The first-order valence-corrected chi connectivity index (χ1v) is 5.87. The number of carbonyl (C=O) groups excluding carboxylic acids is 1. The molecule has 0 spiro atoms. The fourth-order valence-electron chi connectivity index (χ4n) is 1.42. The highest BCUT2D eigenvalue weighted by atomic mass is 16.4. The molecule has 0 aliphatic heterocycles. The van der Waals surface area contributed by atoms with Crippen molar-refractivity contribution in [2.75, 3.05) is 11.9 Å². The van der Waals surface area contributed by atoms with Crippen LogP contribution >= 0.6 is 0 Å². The third kappa shape index (κ3) is 3.84. The first kappa shape index (κ1) is 14.2. The summed E-state index contributed by atoms with van der Waals surface area (Å²) in [5.41, 5.74) is 0.113. The van der Waals surface area contributed by atoms with Crippen LogP contribution in [0.25, 0.3) is 0 Å². The lowest BCUT2D eigenvalue weighted by molar-refractivity contribution is -0.118. The number of pyridine rings is 1. The zero-order chi connectivity index (χ0) is 13.7. The van der Waals surface area contributed by atoms with Gasteiger partial charge in [-0.05, 0) is 24.5 Å². The maximum Gasteiger partial charge on any atom is 0.337 e. The normalized spacial score (nSPS) is 10.4. The van der Waals surface area contributed by atoms with E-state index in [1.807, 2.05) is 0 Å². The Morgan fingerprint density at radius 2 is 2.06 bits per heavy atom. The van der Waals surface area contributed by atoms with E-state index in [0.717, 1.165) is 6.42 Å². The highest BCUT2D eigenvalue weighted by Crippen LogP contribution is 2.13. The van der Waals surface area contributed by atoms with Gasteiger partial charge in [0.2, 0.25) is 5.91 Å². The van der Waals surface area contributed by atoms with E-state index in [2.05, 4.69) is 18.8 Å². The molecule has 0 atom stereocenters. The van der Waals surface area contributed by atoms with Gasteiger partial charge < -0.3 is 5.11 Å². The molecule has 1 aromatic rings. The number of hydrogen-bond donors (Lipinski definition) is 1.